The van der Waals surface area contributed by atoms with Gasteiger partial charge in [0.1, 0.15) is 11.5 Å². The van der Waals surface area contributed by atoms with Gasteiger partial charge in [-0.3, -0.25) is 0 Å². The van der Waals surface area contributed by atoms with Crippen molar-refractivity contribution in [3.63, 3.8) is 0 Å². The molecule has 17 heavy (non-hydrogen) atoms. The van der Waals surface area contributed by atoms with E-state index < -0.39 is 8.38 Å². The largest absolute Gasteiger partial charge is 0.508 e. The van der Waals surface area contributed by atoms with Gasteiger partial charge in [0.25, 0.3) is 0 Å². The van der Waals surface area contributed by atoms with Crippen LogP contribution < -0.4 is 0 Å². The van der Waals surface area contributed by atoms with E-state index in [1.54, 1.807) is 6.08 Å². The van der Waals surface area contributed by atoms with Crippen LogP contribution in [0.15, 0.2) is 36.3 Å². The molecule has 0 radical (unpaired) electrons. The first-order valence-electron chi connectivity index (χ1n) is 5.53. The van der Waals surface area contributed by atoms with Gasteiger partial charge in [-0.15, -0.1) is 0 Å². The van der Waals surface area contributed by atoms with Gasteiger partial charge < -0.3 is 18.9 Å². The van der Waals surface area contributed by atoms with Crippen molar-refractivity contribution in [2.24, 2.45) is 0 Å². The van der Waals surface area contributed by atoms with Crippen LogP contribution in [0.1, 0.15) is 20.8 Å². The molecule has 0 amide bonds. The molecule has 0 saturated carbocycles. The summed E-state index contributed by atoms with van der Waals surface area (Å²) in [6.07, 6.45) is 4.95. The van der Waals surface area contributed by atoms with Gasteiger partial charge in [0.2, 0.25) is 8.38 Å². The Morgan fingerprint density at radius 1 is 1.29 bits per heavy atom. The van der Waals surface area contributed by atoms with Crippen LogP contribution in [0.25, 0.3) is 0 Å². The van der Waals surface area contributed by atoms with Crippen LogP contribution in [0.3, 0.4) is 0 Å². The first kappa shape index (κ1) is 16.2. The lowest BCUT2D eigenvalue weighted by Crippen LogP contribution is -1.99. The maximum absolute atomic E-state index is 9.30. The van der Waals surface area contributed by atoms with E-state index in [2.05, 4.69) is 6.58 Å². The Balaban J connectivity index is 4.25. The summed E-state index contributed by atoms with van der Waals surface area (Å²) in [6.45, 7) is 10.3. The summed E-state index contributed by atoms with van der Waals surface area (Å²) in [4.78, 5) is 0. The highest BCUT2D eigenvalue weighted by molar-refractivity contribution is 7.47. The second kappa shape index (κ2) is 10.3. The lowest BCUT2D eigenvalue weighted by atomic mass is 10.3. The fourth-order valence-corrected chi connectivity index (χ4v) is 1.99. The van der Waals surface area contributed by atoms with Gasteiger partial charge in [0, 0.05) is 6.08 Å². The van der Waals surface area contributed by atoms with Crippen LogP contribution in [0, 0.1) is 0 Å². The number of hydrogen-bond acceptors (Lipinski definition) is 4. The molecule has 0 aliphatic heterocycles. The highest BCUT2D eigenvalue weighted by Crippen LogP contribution is 2.38. The molecule has 98 valence electrons. The lowest BCUT2D eigenvalue weighted by molar-refractivity contribution is 0.213. The van der Waals surface area contributed by atoms with Crippen LogP contribution in [0.2, 0.25) is 0 Å². The average Bonchev–Trinajstić information content (AvgIpc) is 2.34. The van der Waals surface area contributed by atoms with Gasteiger partial charge in [0.15, 0.2) is 6.35 Å². The smallest absolute Gasteiger partial charge is 0.211 e. The molecule has 1 N–H and O–H groups in total. The van der Waals surface area contributed by atoms with Crippen LogP contribution >= 0.6 is 8.38 Å². The molecule has 0 unspecified atom stereocenters. The van der Waals surface area contributed by atoms with Gasteiger partial charge in [-0.1, -0.05) is 6.58 Å². The molecule has 0 aromatic heterocycles. The number of ether oxygens (including phenoxy) is 1. The van der Waals surface area contributed by atoms with Crippen molar-refractivity contribution in [3.8, 4) is 0 Å². The quantitative estimate of drug-likeness (QED) is 0.388. The summed E-state index contributed by atoms with van der Waals surface area (Å²) in [6, 6.07) is 0. The van der Waals surface area contributed by atoms with Crippen LogP contribution in [-0.4, -0.2) is 24.7 Å². The molecule has 0 bridgehead atoms. The van der Waals surface area contributed by atoms with Gasteiger partial charge in [0.05, 0.1) is 13.2 Å². The van der Waals surface area contributed by atoms with Crippen molar-refractivity contribution in [2.45, 2.75) is 20.8 Å². The molecule has 4 nitrogen and oxygen atoms in total. The van der Waals surface area contributed by atoms with Crippen molar-refractivity contribution in [1.29, 1.82) is 0 Å². The summed E-state index contributed by atoms with van der Waals surface area (Å²) in [5, 5.41) is 9.30. The number of hydrogen-bond donors (Lipinski definition) is 1. The first-order valence-corrected chi connectivity index (χ1v) is 6.89. The highest BCUT2D eigenvalue weighted by atomic mass is 31.2. The van der Waals surface area contributed by atoms with Crippen LogP contribution in [0.5, 0.6) is 0 Å². The van der Waals surface area contributed by atoms with E-state index in [-0.39, 0.29) is 5.76 Å². The van der Waals surface area contributed by atoms with Crippen LogP contribution in [-0.2, 0) is 13.8 Å². The molecule has 5 heteroatoms. The summed E-state index contributed by atoms with van der Waals surface area (Å²) < 4.78 is 16.3. The number of aliphatic hydroxyl groups is 1. The SMILES string of the molecule is C=C/C(O)=C\C(=C/C)OCP(OCC)OCC. The van der Waals surface area contributed by atoms with E-state index in [4.69, 9.17) is 13.8 Å². The van der Waals surface area contributed by atoms with Crippen molar-refractivity contribution in [3.05, 3.63) is 36.3 Å². The molecule has 0 aromatic carbocycles. The Labute approximate surface area is 104 Å². The minimum Gasteiger partial charge on any atom is -0.508 e. The predicted molar refractivity (Wildman–Crippen MR) is 70.8 cm³/mol. The molecule has 0 saturated heterocycles. The molecule has 0 atom stereocenters. The number of allylic oxidation sites excluding steroid dienone is 3. The average molecular weight is 260 g/mol. The zero-order chi connectivity index (χ0) is 13.1. The Bertz CT molecular complexity index is 268. The molecule has 0 spiro atoms. The van der Waals surface area contributed by atoms with E-state index in [9.17, 15) is 5.11 Å². The minimum atomic E-state index is -1.03. The fraction of sp³-hybridized carbons (Fsp3) is 0.500. The molecule has 0 aromatic rings. The van der Waals surface area contributed by atoms with E-state index >= 15 is 0 Å². The number of aliphatic hydroxyl groups excluding tert-OH is 1. The highest BCUT2D eigenvalue weighted by Gasteiger charge is 2.10. The monoisotopic (exact) mass is 260 g/mol. The Hall–Kier alpha value is -0.830. The van der Waals surface area contributed by atoms with Gasteiger partial charge in [-0.25, -0.2) is 0 Å². The zero-order valence-corrected chi connectivity index (χ0v) is 11.6. The second-order valence-corrected chi connectivity index (χ2v) is 4.35. The van der Waals surface area contributed by atoms with E-state index in [0.29, 0.717) is 25.3 Å². The Morgan fingerprint density at radius 2 is 1.88 bits per heavy atom. The fourth-order valence-electron chi connectivity index (χ4n) is 0.940. The minimum absolute atomic E-state index is 0.0650. The Kier molecular flexibility index (Phi) is 9.83. The summed E-state index contributed by atoms with van der Waals surface area (Å²) in [5.41, 5.74) is 0. The molecule has 0 aliphatic carbocycles. The molecule has 0 fully saturated rings. The van der Waals surface area contributed by atoms with Crippen molar-refractivity contribution in [1.82, 2.24) is 0 Å². The second-order valence-electron chi connectivity index (χ2n) is 2.91. The van der Waals surface area contributed by atoms with Gasteiger partial charge >= 0.3 is 0 Å². The standard InChI is InChI=1S/C12H21O4P/c1-5-11(13)9-12(6-2)14-10-17(15-7-3)16-8-4/h5-6,9,13H,1,7-8,10H2,2-4H3/b11-9+,12-6+. The normalized spacial score (nSPS) is 12.9. The van der Waals surface area contributed by atoms with Crippen molar-refractivity contribution < 1.29 is 18.9 Å². The van der Waals surface area contributed by atoms with Crippen molar-refractivity contribution >= 4 is 8.38 Å². The summed E-state index contributed by atoms with van der Waals surface area (Å²) >= 11 is 0. The molecule has 0 rings (SSSR count). The predicted octanol–water partition coefficient (Wildman–Crippen LogP) is 3.88. The Morgan fingerprint density at radius 3 is 2.29 bits per heavy atom. The summed E-state index contributed by atoms with van der Waals surface area (Å²) in [7, 11) is -1.03. The maximum Gasteiger partial charge on any atom is 0.211 e. The zero-order valence-electron chi connectivity index (χ0n) is 10.7. The van der Waals surface area contributed by atoms with E-state index in [1.165, 1.54) is 12.2 Å². The molecular formula is C12H21O4P. The van der Waals surface area contributed by atoms with E-state index in [1.807, 2.05) is 20.8 Å². The third-order valence-corrected chi connectivity index (χ3v) is 3.10. The van der Waals surface area contributed by atoms with Crippen molar-refractivity contribution in [2.75, 3.05) is 19.6 Å². The number of rotatable bonds is 9. The van der Waals surface area contributed by atoms with Gasteiger partial charge in [-0.2, -0.15) is 0 Å². The summed E-state index contributed by atoms with van der Waals surface area (Å²) in [5.74, 6) is 0.629. The molecular weight excluding hydrogens is 239 g/mol. The molecule has 0 heterocycles. The topological polar surface area (TPSA) is 47.9 Å². The maximum atomic E-state index is 9.30. The van der Waals surface area contributed by atoms with Crippen LogP contribution in [0.4, 0.5) is 0 Å². The van der Waals surface area contributed by atoms with Gasteiger partial charge in [-0.05, 0) is 32.9 Å². The lowest BCUT2D eigenvalue weighted by Gasteiger charge is -2.16. The van der Waals surface area contributed by atoms with E-state index in [0.717, 1.165) is 0 Å². The molecule has 0 aliphatic rings. The third-order valence-electron chi connectivity index (χ3n) is 1.67. The third kappa shape index (κ3) is 7.97. The first-order chi connectivity index (χ1) is 8.17.